The summed E-state index contributed by atoms with van der Waals surface area (Å²) in [6.07, 6.45) is 2.66. The average molecular weight is 206 g/mol. The molecule has 0 unspecified atom stereocenters. The number of anilines is 1. The van der Waals surface area contributed by atoms with E-state index >= 15 is 0 Å². The number of hydrogen-bond acceptors (Lipinski definition) is 4. The second-order valence-corrected chi connectivity index (χ2v) is 3.39. The van der Waals surface area contributed by atoms with E-state index in [2.05, 4.69) is 11.6 Å². The molecule has 0 aliphatic heterocycles. The van der Waals surface area contributed by atoms with Crippen LogP contribution in [0.4, 0.5) is 5.69 Å². The van der Waals surface area contributed by atoms with Crippen molar-refractivity contribution < 1.29 is 9.53 Å². The summed E-state index contributed by atoms with van der Waals surface area (Å²) in [7, 11) is 0. The third-order valence-corrected chi connectivity index (χ3v) is 1.91. The quantitative estimate of drug-likeness (QED) is 0.605. The van der Waals surface area contributed by atoms with Gasteiger partial charge in [-0.3, -0.25) is 4.98 Å². The Labute approximate surface area is 88.8 Å². The molecule has 0 fully saturated rings. The van der Waals surface area contributed by atoms with Crippen LogP contribution in [0.1, 0.15) is 25.5 Å². The molecule has 0 bridgehead atoms. The highest BCUT2D eigenvalue weighted by Gasteiger charge is 2.12. The Bertz CT molecular complexity index is 386. The summed E-state index contributed by atoms with van der Waals surface area (Å²) in [4.78, 5) is 15.1. The molecule has 2 N–H and O–H groups in total. The molecule has 0 radical (unpaired) electrons. The first-order chi connectivity index (χ1) is 7.06. The summed E-state index contributed by atoms with van der Waals surface area (Å²) in [6.45, 7) is 7.25. The predicted octanol–water partition coefficient (Wildman–Crippen LogP) is 1.88. The fraction of sp³-hybridized carbons (Fsp3) is 0.273. The molecule has 4 nitrogen and oxygen atoms in total. The van der Waals surface area contributed by atoms with Gasteiger partial charge in [-0.15, -0.1) is 0 Å². The van der Waals surface area contributed by atoms with Crippen LogP contribution >= 0.6 is 0 Å². The summed E-state index contributed by atoms with van der Waals surface area (Å²) >= 11 is 0. The molecule has 1 rings (SSSR count). The summed E-state index contributed by atoms with van der Waals surface area (Å²) < 4.78 is 4.96. The van der Waals surface area contributed by atoms with Crippen LogP contribution in [0.2, 0.25) is 0 Å². The molecule has 0 aliphatic rings. The standard InChI is InChI=1S/C11H14N2O2/c1-4-9(14)15-8-5-6-13-11(7(2)3)10(8)12/h4-7H,1,12H2,2-3H3. The van der Waals surface area contributed by atoms with E-state index in [1.165, 1.54) is 0 Å². The number of rotatable bonds is 3. The molecule has 0 saturated carbocycles. The highest BCUT2D eigenvalue weighted by Crippen LogP contribution is 2.28. The summed E-state index contributed by atoms with van der Waals surface area (Å²) in [5.41, 5.74) is 6.94. The number of carbonyl (C=O) groups excluding carboxylic acids is 1. The lowest BCUT2D eigenvalue weighted by atomic mass is 10.1. The van der Waals surface area contributed by atoms with E-state index < -0.39 is 5.97 Å². The van der Waals surface area contributed by atoms with Gasteiger partial charge in [-0.05, 0) is 5.92 Å². The molecule has 15 heavy (non-hydrogen) atoms. The fourth-order valence-corrected chi connectivity index (χ4v) is 1.17. The Morgan fingerprint density at radius 1 is 1.67 bits per heavy atom. The van der Waals surface area contributed by atoms with Crippen molar-refractivity contribution in [2.75, 3.05) is 5.73 Å². The van der Waals surface area contributed by atoms with Gasteiger partial charge in [0.1, 0.15) is 0 Å². The highest BCUT2D eigenvalue weighted by molar-refractivity contribution is 5.84. The number of ether oxygens (including phenoxy) is 1. The number of hydrogen-bond donors (Lipinski definition) is 1. The van der Waals surface area contributed by atoms with Gasteiger partial charge in [0.25, 0.3) is 0 Å². The maximum absolute atomic E-state index is 11.0. The lowest BCUT2D eigenvalue weighted by Gasteiger charge is -2.11. The molecule has 0 aliphatic carbocycles. The van der Waals surface area contributed by atoms with Crippen molar-refractivity contribution in [3.63, 3.8) is 0 Å². The Kier molecular flexibility index (Phi) is 3.44. The molecule has 0 spiro atoms. The molecule has 80 valence electrons. The van der Waals surface area contributed by atoms with Crippen LogP contribution < -0.4 is 10.5 Å². The molecule has 0 amide bonds. The molecule has 1 heterocycles. The average Bonchev–Trinajstić information content (AvgIpc) is 2.20. The first-order valence-electron chi connectivity index (χ1n) is 4.65. The van der Waals surface area contributed by atoms with Crippen LogP contribution in [0.15, 0.2) is 24.9 Å². The zero-order valence-corrected chi connectivity index (χ0v) is 8.86. The van der Waals surface area contributed by atoms with Crippen LogP contribution in [0.3, 0.4) is 0 Å². The molecule has 1 aromatic heterocycles. The molecular formula is C11H14N2O2. The zero-order chi connectivity index (χ0) is 11.4. The second-order valence-electron chi connectivity index (χ2n) is 3.39. The van der Waals surface area contributed by atoms with Gasteiger partial charge < -0.3 is 10.5 Å². The van der Waals surface area contributed by atoms with E-state index in [9.17, 15) is 4.79 Å². The summed E-state index contributed by atoms with van der Waals surface area (Å²) in [5.74, 6) is -0.00594. The minimum atomic E-state index is -0.525. The SMILES string of the molecule is C=CC(=O)Oc1ccnc(C(C)C)c1N. The predicted molar refractivity (Wildman–Crippen MR) is 58.6 cm³/mol. The van der Waals surface area contributed by atoms with E-state index in [-0.39, 0.29) is 5.92 Å². The molecular weight excluding hydrogens is 192 g/mol. The monoisotopic (exact) mass is 206 g/mol. The van der Waals surface area contributed by atoms with Crippen LogP contribution in [0, 0.1) is 0 Å². The first-order valence-corrected chi connectivity index (χ1v) is 4.65. The normalized spacial score (nSPS) is 10.1. The van der Waals surface area contributed by atoms with Crippen LogP contribution in [0.25, 0.3) is 0 Å². The third kappa shape index (κ3) is 2.56. The van der Waals surface area contributed by atoms with Crippen LogP contribution in [-0.4, -0.2) is 11.0 Å². The largest absolute Gasteiger partial charge is 0.421 e. The topological polar surface area (TPSA) is 65.2 Å². The van der Waals surface area contributed by atoms with Crippen molar-refractivity contribution in [2.24, 2.45) is 0 Å². The number of pyridine rings is 1. The maximum atomic E-state index is 11.0. The van der Waals surface area contributed by atoms with E-state index in [0.29, 0.717) is 11.4 Å². The smallest absolute Gasteiger partial charge is 0.335 e. The van der Waals surface area contributed by atoms with Crippen molar-refractivity contribution in [3.05, 3.63) is 30.6 Å². The lowest BCUT2D eigenvalue weighted by molar-refractivity contribution is -0.128. The number of aromatic nitrogens is 1. The Hall–Kier alpha value is -1.84. The van der Waals surface area contributed by atoms with Crippen LogP contribution in [-0.2, 0) is 4.79 Å². The fourth-order valence-electron chi connectivity index (χ4n) is 1.17. The Balaban J connectivity index is 3.04. The lowest BCUT2D eigenvalue weighted by Crippen LogP contribution is -2.08. The van der Waals surface area contributed by atoms with Gasteiger partial charge in [0, 0.05) is 18.3 Å². The molecule has 0 atom stereocenters. The third-order valence-electron chi connectivity index (χ3n) is 1.91. The van der Waals surface area contributed by atoms with Gasteiger partial charge >= 0.3 is 5.97 Å². The number of nitrogens with two attached hydrogens (primary N) is 1. The van der Waals surface area contributed by atoms with Gasteiger partial charge in [-0.1, -0.05) is 20.4 Å². The van der Waals surface area contributed by atoms with E-state index in [1.807, 2.05) is 13.8 Å². The minimum absolute atomic E-state index is 0.187. The minimum Gasteiger partial charge on any atom is -0.421 e. The number of nitrogen functional groups attached to an aromatic ring is 1. The van der Waals surface area contributed by atoms with E-state index in [0.717, 1.165) is 11.8 Å². The van der Waals surface area contributed by atoms with Crippen molar-refractivity contribution in [2.45, 2.75) is 19.8 Å². The Morgan fingerprint density at radius 3 is 2.87 bits per heavy atom. The van der Waals surface area contributed by atoms with Crippen LogP contribution in [0.5, 0.6) is 5.75 Å². The van der Waals surface area contributed by atoms with Gasteiger partial charge in [0.05, 0.1) is 11.4 Å². The van der Waals surface area contributed by atoms with Crippen molar-refractivity contribution in [1.82, 2.24) is 4.98 Å². The van der Waals surface area contributed by atoms with Gasteiger partial charge in [0.2, 0.25) is 0 Å². The van der Waals surface area contributed by atoms with Gasteiger partial charge in [-0.25, -0.2) is 4.79 Å². The molecule has 1 aromatic rings. The Morgan fingerprint density at radius 2 is 2.33 bits per heavy atom. The summed E-state index contributed by atoms with van der Waals surface area (Å²) in [5, 5.41) is 0. The maximum Gasteiger partial charge on any atom is 0.335 e. The number of esters is 1. The number of carbonyl (C=O) groups is 1. The van der Waals surface area contributed by atoms with Gasteiger partial charge in [-0.2, -0.15) is 0 Å². The molecule has 0 aromatic carbocycles. The second kappa shape index (κ2) is 4.59. The first kappa shape index (κ1) is 11.2. The number of nitrogens with zero attached hydrogens (tertiary/aromatic N) is 1. The molecule has 0 saturated heterocycles. The van der Waals surface area contributed by atoms with Crippen molar-refractivity contribution in [1.29, 1.82) is 0 Å². The summed E-state index contributed by atoms with van der Waals surface area (Å²) in [6, 6.07) is 1.56. The molecule has 4 heteroatoms. The van der Waals surface area contributed by atoms with E-state index in [1.54, 1.807) is 12.3 Å². The van der Waals surface area contributed by atoms with Crippen molar-refractivity contribution in [3.8, 4) is 5.75 Å². The van der Waals surface area contributed by atoms with Crippen molar-refractivity contribution >= 4 is 11.7 Å². The van der Waals surface area contributed by atoms with E-state index in [4.69, 9.17) is 10.5 Å². The zero-order valence-electron chi connectivity index (χ0n) is 8.86. The highest BCUT2D eigenvalue weighted by atomic mass is 16.5. The van der Waals surface area contributed by atoms with Gasteiger partial charge in [0.15, 0.2) is 5.75 Å².